The fourth-order valence-corrected chi connectivity index (χ4v) is 2.70. The molecular formula is C18H12ClN3O2. The van der Waals surface area contributed by atoms with Crippen LogP contribution in [0.15, 0.2) is 59.5 Å². The van der Waals surface area contributed by atoms with Crippen molar-refractivity contribution < 1.29 is 9.53 Å². The van der Waals surface area contributed by atoms with Crippen molar-refractivity contribution in [1.82, 2.24) is 9.38 Å². The normalized spacial score (nSPS) is 15.8. The van der Waals surface area contributed by atoms with Gasteiger partial charge >= 0.3 is 5.97 Å². The number of halogens is 1. The average Bonchev–Trinajstić information content (AvgIpc) is 3.11. The molecule has 118 valence electrons. The lowest BCUT2D eigenvalue weighted by Crippen LogP contribution is -2.06. The zero-order valence-electron chi connectivity index (χ0n) is 12.7. The van der Waals surface area contributed by atoms with Crippen molar-refractivity contribution in [2.75, 3.05) is 0 Å². The van der Waals surface area contributed by atoms with E-state index in [9.17, 15) is 4.79 Å². The number of rotatable bonds is 2. The number of pyridine rings is 1. The third-order valence-electron chi connectivity index (χ3n) is 3.71. The molecule has 1 aromatic carbocycles. The third-order valence-corrected chi connectivity index (χ3v) is 3.94. The second-order valence-electron chi connectivity index (χ2n) is 5.43. The molecular weight excluding hydrogens is 326 g/mol. The second kappa shape index (κ2) is 5.62. The van der Waals surface area contributed by atoms with E-state index in [1.165, 1.54) is 0 Å². The van der Waals surface area contributed by atoms with Gasteiger partial charge in [-0.2, -0.15) is 0 Å². The highest BCUT2D eigenvalue weighted by Crippen LogP contribution is 2.21. The van der Waals surface area contributed by atoms with E-state index in [1.807, 2.05) is 31.2 Å². The molecule has 0 N–H and O–H groups in total. The third kappa shape index (κ3) is 2.59. The topological polar surface area (TPSA) is 56.0 Å². The summed E-state index contributed by atoms with van der Waals surface area (Å²) in [6, 6.07) is 11.2. The number of carbonyl (C=O) groups is 1. The van der Waals surface area contributed by atoms with E-state index in [4.69, 9.17) is 16.3 Å². The van der Waals surface area contributed by atoms with Gasteiger partial charge in [0.05, 0.1) is 10.7 Å². The Kier molecular flexibility index (Phi) is 3.43. The van der Waals surface area contributed by atoms with Gasteiger partial charge in [-0.1, -0.05) is 29.8 Å². The van der Waals surface area contributed by atoms with Crippen LogP contribution in [-0.4, -0.2) is 21.3 Å². The van der Waals surface area contributed by atoms with Crippen LogP contribution < -0.4 is 0 Å². The molecule has 4 rings (SSSR count). The molecule has 3 aromatic rings. The number of benzene rings is 1. The van der Waals surface area contributed by atoms with Crippen LogP contribution in [0.1, 0.15) is 16.8 Å². The van der Waals surface area contributed by atoms with Crippen LogP contribution in [0, 0.1) is 6.92 Å². The van der Waals surface area contributed by atoms with Crippen molar-refractivity contribution in [3.05, 3.63) is 76.3 Å². The minimum absolute atomic E-state index is 0.225. The first kappa shape index (κ1) is 14.7. The average molecular weight is 338 g/mol. The molecule has 24 heavy (non-hydrogen) atoms. The van der Waals surface area contributed by atoms with E-state index in [0.717, 1.165) is 16.8 Å². The van der Waals surface area contributed by atoms with Gasteiger partial charge in [-0.05, 0) is 36.8 Å². The molecule has 0 saturated carbocycles. The summed E-state index contributed by atoms with van der Waals surface area (Å²) < 4.78 is 7.09. The Hall–Kier alpha value is -2.92. The van der Waals surface area contributed by atoms with Crippen LogP contribution in [0.4, 0.5) is 0 Å². The Balaban J connectivity index is 1.73. The Bertz CT molecular complexity index is 1030. The molecule has 1 aliphatic rings. The highest BCUT2D eigenvalue weighted by Gasteiger charge is 2.25. The molecule has 5 nitrogen and oxygen atoms in total. The van der Waals surface area contributed by atoms with E-state index < -0.39 is 5.97 Å². The number of carbonyl (C=O) groups excluding carboxylic acids is 1. The SMILES string of the molecule is Cc1ccccc1C1=NC(=Cc2cn3cc(Cl)ccc3n2)C(=O)O1. The van der Waals surface area contributed by atoms with Crippen molar-refractivity contribution in [1.29, 1.82) is 0 Å². The van der Waals surface area contributed by atoms with Gasteiger partial charge in [-0.15, -0.1) is 0 Å². The fourth-order valence-electron chi connectivity index (χ4n) is 2.53. The quantitative estimate of drug-likeness (QED) is 0.530. The molecule has 3 heterocycles. The van der Waals surface area contributed by atoms with Crippen molar-refractivity contribution in [2.24, 2.45) is 4.99 Å². The molecule has 1 aliphatic heterocycles. The zero-order valence-corrected chi connectivity index (χ0v) is 13.5. The van der Waals surface area contributed by atoms with Gasteiger partial charge in [-0.25, -0.2) is 14.8 Å². The van der Waals surface area contributed by atoms with Crippen molar-refractivity contribution in [2.45, 2.75) is 6.92 Å². The minimum Gasteiger partial charge on any atom is -0.402 e. The number of aliphatic imine (C=N–C) groups is 1. The Morgan fingerprint density at radius 3 is 2.83 bits per heavy atom. The number of ether oxygens (including phenoxy) is 1. The minimum atomic E-state index is -0.483. The number of nitrogens with zero attached hydrogens (tertiary/aromatic N) is 3. The number of cyclic esters (lactones) is 1. The van der Waals surface area contributed by atoms with Crippen LogP contribution in [0.25, 0.3) is 11.7 Å². The molecule has 0 saturated heterocycles. The number of fused-ring (bicyclic) bond motifs is 1. The number of aromatic nitrogens is 2. The molecule has 2 aromatic heterocycles. The van der Waals surface area contributed by atoms with Crippen molar-refractivity contribution >= 4 is 35.2 Å². The predicted octanol–water partition coefficient (Wildman–Crippen LogP) is 3.64. The largest absolute Gasteiger partial charge is 0.402 e. The van der Waals surface area contributed by atoms with Crippen LogP contribution in [-0.2, 0) is 9.53 Å². The molecule has 0 bridgehead atoms. The van der Waals surface area contributed by atoms with Crippen LogP contribution >= 0.6 is 11.6 Å². The molecule has 0 spiro atoms. The Morgan fingerprint density at radius 1 is 1.17 bits per heavy atom. The number of esters is 1. The van der Waals surface area contributed by atoms with Crippen molar-refractivity contribution in [3.8, 4) is 0 Å². The standard InChI is InChI=1S/C18H12ClN3O2/c1-11-4-2-3-5-14(11)17-21-15(18(23)24-17)8-13-10-22-9-12(19)6-7-16(22)20-13/h2-10H,1H3. The summed E-state index contributed by atoms with van der Waals surface area (Å²) in [5.41, 5.74) is 3.37. The smallest absolute Gasteiger partial charge is 0.363 e. The molecule has 0 unspecified atom stereocenters. The zero-order chi connectivity index (χ0) is 16.7. The van der Waals surface area contributed by atoms with E-state index >= 15 is 0 Å². The summed E-state index contributed by atoms with van der Waals surface area (Å²) in [6.45, 7) is 1.94. The fraction of sp³-hybridized carbons (Fsp3) is 0.0556. The number of imidazole rings is 1. The highest BCUT2D eigenvalue weighted by atomic mass is 35.5. The molecule has 6 heteroatoms. The molecule has 0 fully saturated rings. The molecule has 0 radical (unpaired) electrons. The number of hydrogen-bond acceptors (Lipinski definition) is 4. The predicted molar refractivity (Wildman–Crippen MR) is 92.0 cm³/mol. The maximum absolute atomic E-state index is 12.1. The van der Waals surface area contributed by atoms with Gasteiger partial charge in [0.25, 0.3) is 0 Å². The lowest BCUT2D eigenvalue weighted by molar-refractivity contribution is -0.129. The summed E-state index contributed by atoms with van der Waals surface area (Å²) >= 11 is 5.96. The molecule has 0 atom stereocenters. The lowest BCUT2D eigenvalue weighted by atomic mass is 10.1. The van der Waals surface area contributed by atoms with Crippen LogP contribution in [0.5, 0.6) is 0 Å². The van der Waals surface area contributed by atoms with Crippen LogP contribution in [0.3, 0.4) is 0 Å². The van der Waals surface area contributed by atoms with Gasteiger partial charge in [-0.3, -0.25) is 0 Å². The van der Waals surface area contributed by atoms with Gasteiger partial charge in [0.15, 0.2) is 5.70 Å². The lowest BCUT2D eigenvalue weighted by Gasteiger charge is -2.02. The highest BCUT2D eigenvalue weighted by molar-refractivity contribution is 6.30. The van der Waals surface area contributed by atoms with E-state index in [0.29, 0.717) is 16.6 Å². The second-order valence-corrected chi connectivity index (χ2v) is 5.87. The van der Waals surface area contributed by atoms with Gasteiger partial charge in [0, 0.05) is 18.0 Å². The summed E-state index contributed by atoms with van der Waals surface area (Å²) in [7, 11) is 0. The number of hydrogen-bond donors (Lipinski definition) is 0. The summed E-state index contributed by atoms with van der Waals surface area (Å²) in [5, 5.41) is 0.610. The van der Waals surface area contributed by atoms with E-state index in [1.54, 1.807) is 35.0 Å². The van der Waals surface area contributed by atoms with Crippen LogP contribution in [0.2, 0.25) is 5.02 Å². The van der Waals surface area contributed by atoms with Gasteiger partial charge in [0.1, 0.15) is 5.65 Å². The molecule has 0 amide bonds. The maximum atomic E-state index is 12.1. The van der Waals surface area contributed by atoms with E-state index in [2.05, 4.69) is 9.98 Å². The molecule has 0 aliphatic carbocycles. The Morgan fingerprint density at radius 2 is 2.00 bits per heavy atom. The summed E-state index contributed by atoms with van der Waals surface area (Å²) in [4.78, 5) is 20.8. The summed E-state index contributed by atoms with van der Waals surface area (Å²) in [6.07, 6.45) is 5.14. The van der Waals surface area contributed by atoms with Crippen molar-refractivity contribution in [3.63, 3.8) is 0 Å². The first-order valence-corrected chi connectivity index (χ1v) is 7.71. The first-order chi connectivity index (χ1) is 11.6. The van der Waals surface area contributed by atoms with Gasteiger partial charge < -0.3 is 9.14 Å². The summed E-state index contributed by atoms with van der Waals surface area (Å²) in [5.74, 6) is -0.167. The number of aryl methyl sites for hydroxylation is 1. The monoisotopic (exact) mass is 337 g/mol. The van der Waals surface area contributed by atoms with Gasteiger partial charge in [0.2, 0.25) is 5.90 Å². The van der Waals surface area contributed by atoms with E-state index in [-0.39, 0.29) is 5.70 Å². The first-order valence-electron chi connectivity index (χ1n) is 7.33. The maximum Gasteiger partial charge on any atom is 0.363 e. The Labute approximate surface area is 142 Å².